The van der Waals surface area contributed by atoms with Gasteiger partial charge in [-0.15, -0.1) is 0 Å². The van der Waals surface area contributed by atoms with Crippen molar-refractivity contribution in [3.63, 3.8) is 0 Å². The lowest BCUT2D eigenvalue weighted by Crippen LogP contribution is -2.11. The summed E-state index contributed by atoms with van der Waals surface area (Å²) in [5.41, 5.74) is 11.5. The molecule has 0 aliphatic rings. The third kappa shape index (κ3) is 4.89. The number of carbonyl (C=O) groups excluding carboxylic acids is 2. The molecule has 48 heavy (non-hydrogen) atoms. The quantitative estimate of drug-likeness (QED) is 0.137. The molecule has 0 spiro atoms. The molecular formula is C46H34O2. The van der Waals surface area contributed by atoms with Crippen molar-refractivity contribution >= 4 is 44.9 Å². The van der Waals surface area contributed by atoms with Crippen molar-refractivity contribution in [2.45, 2.75) is 26.2 Å². The van der Waals surface area contributed by atoms with Crippen LogP contribution in [0.15, 0.2) is 140 Å². The molecule has 0 aliphatic heterocycles. The van der Waals surface area contributed by atoms with Gasteiger partial charge in [-0.2, -0.15) is 0 Å². The summed E-state index contributed by atoms with van der Waals surface area (Å²) in [5, 5.41) is 7.20. The van der Waals surface area contributed by atoms with Crippen LogP contribution in [0.3, 0.4) is 0 Å². The first kappa shape index (κ1) is 29.5. The van der Waals surface area contributed by atoms with Crippen LogP contribution < -0.4 is 0 Å². The van der Waals surface area contributed by atoms with Gasteiger partial charge in [-0.1, -0.05) is 130 Å². The standard InChI is InChI=1S/C46H34O2/c1-46(2,3)35-22-40-38(33-18-14-29(27-47)15-19-33)25-42-36(31-10-6-4-7-11-31)24-37(32-12-8-5-9-13-32)43-26-39(41(23-35)44(40)45(42)43)34-20-16-30(28-48)17-21-34/h4-28H,1-3H3. The molecule has 0 radical (unpaired) electrons. The van der Waals surface area contributed by atoms with Crippen molar-refractivity contribution in [1.82, 2.24) is 0 Å². The first-order chi connectivity index (χ1) is 23.3. The number of benzene rings is 8. The molecular weight excluding hydrogens is 585 g/mol. The van der Waals surface area contributed by atoms with Crippen LogP contribution in [0.1, 0.15) is 47.1 Å². The molecule has 0 aliphatic carbocycles. The van der Waals surface area contributed by atoms with Crippen LogP contribution in [0.5, 0.6) is 0 Å². The Morgan fingerprint density at radius 2 is 0.729 bits per heavy atom. The van der Waals surface area contributed by atoms with Gasteiger partial charge in [-0.25, -0.2) is 0 Å². The normalized spacial score (nSPS) is 11.8. The van der Waals surface area contributed by atoms with E-state index in [1.165, 1.54) is 49.0 Å². The first-order valence-electron chi connectivity index (χ1n) is 16.4. The second-order valence-electron chi connectivity index (χ2n) is 13.7. The Hall–Kier alpha value is -5.86. The van der Waals surface area contributed by atoms with E-state index in [9.17, 15) is 9.59 Å². The number of aldehydes is 2. The lowest BCUT2D eigenvalue weighted by Gasteiger charge is -2.26. The maximum absolute atomic E-state index is 11.6. The summed E-state index contributed by atoms with van der Waals surface area (Å²) in [6.07, 6.45) is 1.79. The highest BCUT2D eigenvalue weighted by atomic mass is 16.1. The molecule has 8 aromatic rings. The minimum absolute atomic E-state index is 0.105. The summed E-state index contributed by atoms with van der Waals surface area (Å²) in [5.74, 6) is 0. The predicted molar refractivity (Wildman–Crippen MR) is 201 cm³/mol. The monoisotopic (exact) mass is 618 g/mol. The Labute approximate surface area is 280 Å². The smallest absolute Gasteiger partial charge is 0.150 e. The van der Waals surface area contributed by atoms with Gasteiger partial charge in [0.1, 0.15) is 12.6 Å². The fourth-order valence-electron chi connectivity index (χ4n) is 7.17. The number of carbonyl (C=O) groups is 2. The Morgan fingerprint density at radius 3 is 1.08 bits per heavy atom. The van der Waals surface area contributed by atoms with Gasteiger partial charge in [-0.05, 0) is 118 Å². The Kier molecular flexibility index (Phi) is 7.04. The second-order valence-corrected chi connectivity index (χ2v) is 13.7. The molecule has 0 saturated carbocycles. The summed E-state index contributed by atoms with van der Waals surface area (Å²) in [4.78, 5) is 23.2. The van der Waals surface area contributed by atoms with Crippen LogP contribution in [0, 0.1) is 0 Å². The van der Waals surface area contributed by atoms with Gasteiger partial charge < -0.3 is 0 Å². The van der Waals surface area contributed by atoms with Gasteiger partial charge >= 0.3 is 0 Å². The van der Waals surface area contributed by atoms with Gasteiger partial charge in [-0.3, -0.25) is 9.59 Å². The van der Waals surface area contributed by atoms with Crippen LogP contribution >= 0.6 is 0 Å². The van der Waals surface area contributed by atoms with Gasteiger partial charge in [0.15, 0.2) is 0 Å². The summed E-state index contributed by atoms with van der Waals surface area (Å²) in [6.45, 7) is 6.79. The molecule has 8 aromatic carbocycles. The lowest BCUT2D eigenvalue weighted by molar-refractivity contribution is 0.111. The minimum Gasteiger partial charge on any atom is -0.298 e. The summed E-state index contributed by atoms with van der Waals surface area (Å²) in [7, 11) is 0. The van der Waals surface area contributed by atoms with E-state index < -0.39 is 0 Å². The maximum Gasteiger partial charge on any atom is 0.150 e. The Morgan fingerprint density at radius 1 is 0.396 bits per heavy atom. The van der Waals surface area contributed by atoms with E-state index >= 15 is 0 Å². The molecule has 0 atom stereocenters. The third-order valence-electron chi connectivity index (χ3n) is 9.70. The van der Waals surface area contributed by atoms with E-state index in [-0.39, 0.29) is 5.41 Å². The van der Waals surface area contributed by atoms with Gasteiger partial charge in [0.2, 0.25) is 0 Å². The largest absolute Gasteiger partial charge is 0.298 e. The van der Waals surface area contributed by atoms with Crippen molar-refractivity contribution in [3.8, 4) is 44.5 Å². The lowest BCUT2D eigenvalue weighted by atomic mass is 9.78. The van der Waals surface area contributed by atoms with Crippen LogP contribution in [0.4, 0.5) is 0 Å². The summed E-state index contributed by atoms with van der Waals surface area (Å²) in [6, 6.07) is 49.0. The van der Waals surface area contributed by atoms with Crippen LogP contribution in [0.2, 0.25) is 0 Å². The molecule has 0 saturated heterocycles. The second kappa shape index (κ2) is 11.4. The average molecular weight is 619 g/mol. The van der Waals surface area contributed by atoms with E-state index in [2.05, 4.69) is 136 Å². The molecule has 0 fully saturated rings. The summed E-state index contributed by atoms with van der Waals surface area (Å²) >= 11 is 0. The molecule has 230 valence electrons. The SMILES string of the molecule is CC(C)(C)c1cc2c(-c3ccc(C=O)cc3)cc3c(-c4ccccc4)cc(-c4ccccc4)c4cc(-c5ccc(C=O)cc5)c(c1)c2c34. The third-order valence-corrected chi connectivity index (χ3v) is 9.70. The van der Waals surface area contributed by atoms with Crippen LogP contribution in [0.25, 0.3) is 76.8 Å². The van der Waals surface area contributed by atoms with E-state index in [0.29, 0.717) is 11.1 Å². The van der Waals surface area contributed by atoms with Gasteiger partial charge in [0, 0.05) is 11.1 Å². The van der Waals surface area contributed by atoms with Crippen LogP contribution in [-0.4, -0.2) is 12.6 Å². The number of hydrogen-bond donors (Lipinski definition) is 0. The molecule has 8 rings (SSSR count). The van der Waals surface area contributed by atoms with E-state index in [0.717, 1.165) is 46.0 Å². The zero-order valence-electron chi connectivity index (χ0n) is 27.3. The molecule has 0 unspecified atom stereocenters. The average Bonchev–Trinajstić information content (AvgIpc) is 3.13. The molecule has 2 nitrogen and oxygen atoms in total. The Balaban J connectivity index is 1.63. The highest BCUT2D eigenvalue weighted by molar-refractivity contribution is 6.33. The molecule has 0 aromatic heterocycles. The fraction of sp³-hybridized carbons (Fsp3) is 0.0870. The summed E-state index contributed by atoms with van der Waals surface area (Å²) < 4.78 is 0. The molecule has 0 amide bonds. The fourth-order valence-corrected chi connectivity index (χ4v) is 7.17. The van der Waals surface area contributed by atoms with Crippen molar-refractivity contribution in [2.24, 2.45) is 0 Å². The minimum atomic E-state index is -0.105. The zero-order chi connectivity index (χ0) is 33.0. The van der Waals surface area contributed by atoms with E-state index in [1.807, 2.05) is 24.3 Å². The first-order valence-corrected chi connectivity index (χ1v) is 16.4. The van der Waals surface area contributed by atoms with Crippen LogP contribution in [-0.2, 0) is 5.41 Å². The topological polar surface area (TPSA) is 34.1 Å². The van der Waals surface area contributed by atoms with Crippen molar-refractivity contribution in [1.29, 1.82) is 0 Å². The zero-order valence-corrected chi connectivity index (χ0v) is 27.3. The molecule has 0 bridgehead atoms. The van der Waals surface area contributed by atoms with Gasteiger partial charge in [0.05, 0.1) is 0 Å². The number of hydrogen-bond acceptors (Lipinski definition) is 2. The molecule has 0 heterocycles. The predicted octanol–water partition coefficient (Wildman–Crippen LogP) is 12.2. The van der Waals surface area contributed by atoms with Gasteiger partial charge in [0.25, 0.3) is 0 Å². The Bertz CT molecular complexity index is 2300. The van der Waals surface area contributed by atoms with E-state index in [4.69, 9.17) is 0 Å². The van der Waals surface area contributed by atoms with Crippen molar-refractivity contribution in [3.05, 3.63) is 156 Å². The van der Waals surface area contributed by atoms with Crippen molar-refractivity contribution < 1.29 is 9.59 Å². The highest BCUT2D eigenvalue weighted by Gasteiger charge is 2.24. The van der Waals surface area contributed by atoms with Crippen molar-refractivity contribution in [2.75, 3.05) is 0 Å². The van der Waals surface area contributed by atoms with E-state index in [1.54, 1.807) is 0 Å². The maximum atomic E-state index is 11.6. The molecule has 0 N–H and O–H groups in total. The number of rotatable bonds is 6. The highest BCUT2D eigenvalue weighted by Crippen LogP contribution is 2.50. The molecule has 2 heteroatoms.